The van der Waals surface area contributed by atoms with Crippen molar-refractivity contribution < 1.29 is 41.4 Å². The lowest BCUT2D eigenvalue weighted by atomic mass is 10.1. The van der Waals surface area contributed by atoms with Crippen molar-refractivity contribution in [1.29, 1.82) is 0 Å². The maximum Gasteiger partial charge on any atom is 0.429 e. The third-order valence-corrected chi connectivity index (χ3v) is 3.25. The van der Waals surface area contributed by atoms with E-state index < -0.39 is 58.1 Å². The van der Waals surface area contributed by atoms with Crippen LogP contribution in [0.25, 0.3) is 0 Å². The highest BCUT2D eigenvalue weighted by Crippen LogP contribution is 2.23. The molecule has 0 bridgehead atoms. The molecule has 0 spiro atoms. The Morgan fingerprint density at radius 2 is 1.62 bits per heavy atom. The second-order valence-electron chi connectivity index (χ2n) is 6.64. The van der Waals surface area contributed by atoms with Gasteiger partial charge in [-0.25, -0.2) is 37.2 Å². The van der Waals surface area contributed by atoms with Gasteiger partial charge in [0.05, 0.1) is 12.2 Å². The van der Waals surface area contributed by atoms with E-state index in [0.717, 1.165) is 7.05 Å². The summed E-state index contributed by atoms with van der Waals surface area (Å²) in [5.41, 5.74) is -3.10. The normalized spacial score (nSPS) is 10.9. The molecule has 1 rings (SSSR count). The number of carbonyl (C=O) groups excluding carboxylic acids is 3. The summed E-state index contributed by atoms with van der Waals surface area (Å²) < 4.78 is 64.1. The Bertz CT molecular complexity index is 852. The summed E-state index contributed by atoms with van der Waals surface area (Å²) in [6, 6.07) is 0.0877. The summed E-state index contributed by atoms with van der Waals surface area (Å²) in [5, 5.41) is 0.646. The zero-order valence-corrected chi connectivity index (χ0v) is 16.4. The van der Waals surface area contributed by atoms with E-state index in [1.165, 1.54) is 27.7 Å². The van der Waals surface area contributed by atoms with Crippen LogP contribution in [0.5, 0.6) is 0 Å². The molecule has 0 heterocycles. The molecular formula is C18H20F4N2O5. The second-order valence-corrected chi connectivity index (χ2v) is 6.64. The van der Waals surface area contributed by atoms with Crippen LogP contribution < -0.4 is 0 Å². The van der Waals surface area contributed by atoms with Crippen LogP contribution in [0.4, 0.5) is 22.4 Å². The molecule has 0 aromatic heterocycles. The van der Waals surface area contributed by atoms with Crippen LogP contribution in [-0.4, -0.2) is 47.2 Å². The number of rotatable bonds is 4. The van der Waals surface area contributed by atoms with E-state index in [2.05, 4.69) is 11.3 Å². The summed E-state index contributed by atoms with van der Waals surface area (Å²) in [7, 11) is 0.963. The molecule has 0 aliphatic heterocycles. The number of amides is 2. The highest BCUT2D eigenvalue weighted by Gasteiger charge is 2.36. The standard InChI is InChI=1S/C18H20F4N2O5/c1-7-28-16(26)9(2)24(23(6)17(27)29-18(3,4)5)15(25)10-8-11(19)13(21)14(22)12(10)20/h8H,2,7H2,1,3-6H3. The van der Waals surface area contributed by atoms with E-state index in [0.29, 0.717) is 5.01 Å². The topological polar surface area (TPSA) is 76.2 Å². The highest BCUT2D eigenvalue weighted by atomic mass is 19.2. The first-order valence-corrected chi connectivity index (χ1v) is 8.23. The summed E-state index contributed by atoms with van der Waals surface area (Å²) in [6.07, 6.45) is -1.18. The number of benzene rings is 1. The fourth-order valence-corrected chi connectivity index (χ4v) is 1.99. The van der Waals surface area contributed by atoms with Crippen LogP contribution in [0.1, 0.15) is 38.1 Å². The molecule has 0 fully saturated rings. The Kier molecular flexibility index (Phi) is 7.37. The van der Waals surface area contributed by atoms with Crippen LogP contribution in [-0.2, 0) is 14.3 Å². The molecule has 0 saturated carbocycles. The van der Waals surface area contributed by atoms with Gasteiger partial charge in [0, 0.05) is 7.05 Å². The minimum Gasteiger partial charge on any atom is -0.461 e. The first-order chi connectivity index (χ1) is 13.2. The van der Waals surface area contributed by atoms with Crippen LogP contribution in [0.15, 0.2) is 18.3 Å². The Morgan fingerprint density at radius 3 is 2.10 bits per heavy atom. The number of carbonyl (C=O) groups is 3. The molecule has 0 saturated heterocycles. The molecule has 0 N–H and O–H groups in total. The zero-order valence-electron chi connectivity index (χ0n) is 16.4. The fourth-order valence-electron chi connectivity index (χ4n) is 1.99. The Morgan fingerprint density at radius 1 is 1.07 bits per heavy atom. The number of halogens is 4. The third-order valence-electron chi connectivity index (χ3n) is 3.25. The Balaban J connectivity index is 3.49. The molecule has 0 aliphatic rings. The number of nitrogens with zero attached hydrogens (tertiary/aromatic N) is 2. The lowest BCUT2D eigenvalue weighted by Gasteiger charge is -2.33. The molecule has 2 amide bonds. The van der Waals surface area contributed by atoms with Gasteiger partial charge in [-0.1, -0.05) is 6.58 Å². The number of hydrazine groups is 1. The highest BCUT2D eigenvalue weighted by molar-refractivity contribution is 6.01. The lowest BCUT2D eigenvalue weighted by molar-refractivity contribution is -0.141. The first kappa shape index (κ1) is 23.9. The summed E-state index contributed by atoms with van der Waals surface area (Å²) >= 11 is 0. The van der Waals surface area contributed by atoms with Crippen molar-refractivity contribution in [3.8, 4) is 0 Å². The van der Waals surface area contributed by atoms with Crippen molar-refractivity contribution in [3.63, 3.8) is 0 Å². The third kappa shape index (κ3) is 5.46. The van der Waals surface area contributed by atoms with Crippen molar-refractivity contribution in [2.45, 2.75) is 33.3 Å². The van der Waals surface area contributed by atoms with Crippen LogP contribution in [0, 0.1) is 23.3 Å². The van der Waals surface area contributed by atoms with Gasteiger partial charge in [-0.15, -0.1) is 0 Å². The Hall–Kier alpha value is -3.11. The van der Waals surface area contributed by atoms with E-state index in [-0.39, 0.29) is 17.7 Å². The smallest absolute Gasteiger partial charge is 0.429 e. The van der Waals surface area contributed by atoms with Crippen LogP contribution in [0.3, 0.4) is 0 Å². The second kappa shape index (κ2) is 8.93. The van der Waals surface area contributed by atoms with E-state index in [1.54, 1.807) is 0 Å². The van der Waals surface area contributed by atoms with E-state index in [4.69, 9.17) is 4.74 Å². The van der Waals surface area contributed by atoms with Gasteiger partial charge in [-0.2, -0.15) is 0 Å². The molecule has 1 aromatic carbocycles. The van der Waals surface area contributed by atoms with Gasteiger partial charge >= 0.3 is 12.1 Å². The van der Waals surface area contributed by atoms with E-state index in [1.807, 2.05) is 0 Å². The Labute approximate surface area is 164 Å². The van der Waals surface area contributed by atoms with Gasteiger partial charge in [0.25, 0.3) is 5.91 Å². The van der Waals surface area contributed by atoms with Crippen molar-refractivity contribution in [2.75, 3.05) is 13.7 Å². The predicted molar refractivity (Wildman–Crippen MR) is 92.2 cm³/mol. The molecule has 0 unspecified atom stereocenters. The number of esters is 1. The van der Waals surface area contributed by atoms with Gasteiger partial charge in [0.2, 0.25) is 0 Å². The lowest BCUT2D eigenvalue weighted by Crippen LogP contribution is -2.50. The molecule has 0 radical (unpaired) electrons. The average Bonchev–Trinajstić information content (AvgIpc) is 2.61. The minimum atomic E-state index is -2.24. The molecule has 29 heavy (non-hydrogen) atoms. The molecule has 1 aromatic rings. The SMILES string of the molecule is C=C(C(=O)OCC)N(C(=O)c1cc(F)c(F)c(F)c1F)N(C)C(=O)OC(C)(C)C. The fraction of sp³-hybridized carbons (Fsp3) is 0.389. The van der Waals surface area contributed by atoms with Gasteiger partial charge in [-0.05, 0) is 33.8 Å². The number of ether oxygens (including phenoxy) is 2. The van der Waals surface area contributed by atoms with E-state index >= 15 is 0 Å². The number of hydrogen-bond donors (Lipinski definition) is 0. The summed E-state index contributed by atoms with van der Waals surface area (Å²) in [6.45, 7) is 9.15. The average molecular weight is 420 g/mol. The zero-order chi connectivity index (χ0) is 22.7. The van der Waals surface area contributed by atoms with Crippen molar-refractivity contribution >= 4 is 18.0 Å². The molecular weight excluding hydrogens is 400 g/mol. The molecule has 160 valence electrons. The molecule has 0 aliphatic carbocycles. The minimum absolute atomic E-state index is 0.0877. The van der Waals surface area contributed by atoms with Gasteiger partial charge in [0.1, 0.15) is 11.3 Å². The maximum atomic E-state index is 14.1. The number of hydrogen-bond acceptors (Lipinski definition) is 5. The first-order valence-electron chi connectivity index (χ1n) is 8.23. The van der Waals surface area contributed by atoms with Gasteiger partial charge < -0.3 is 9.47 Å². The monoisotopic (exact) mass is 420 g/mol. The largest absolute Gasteiger partial charge is 0.461 e. The molecule has 11 heteroatoms. The van der Waals surface area contributed by atoms with Crippen molar-refractivity contribution in [1.82, 2.24) is 10.0 Å². The van der Waals surface area contributed by atoms with Gasteiger partial charge in [-0.3, -0.25) is 4.79 Å². The maximum absolute atomic E-state index is 14.1. The summed E-state index contributed by atoms with van der Waals surface area (Å²) in [5.74, 6) is -11.0. The molecule has 0 atom stereocenters. The van der Waals surface area contributed by atoms with Crippen molar-refractivity contribution in [3.05, 3.63) is 47.2 Å². The predicted octanol–water partition coefficient (Wildman–Crippen LogP) is 3.54. The van der Waals surface area contributed by atoms with Gasteiger partial charge in [0.15, 0.2) is 23.3 Å². The van der Waals surface area contributed by atoms with E-state index in [9.17, 15) is 31.9 Å². The van der Waals surface area contributed by atoms with Crippen LogP contribution >= 0.6 is 0 Å². The van der Waals surface area contributed by atoms with Crippen molar-refractivity contribution in [2.24, 2.45) is 0 Å². The van der Waals surface area contributed by atoms with Crippen LogP contribution in [0.2, 0.25) is 0 Å². The quantitative estimate of drug-likeness (QED) is 0.186. The molecule has 7 nitrogen and oxygen atoms in total. The summed E-state index contributed by atoms with van der Waals surface area (Å²) in [4.78, 5) is 37.1.